The van der Waals surface area contributed by atoms with Gasteiger partial charge in [-0.2, -0.15) is 0 Å². The molecule has 3 heterocycles. The number of Topliss-reactive ketones (excluding diaryl/α,β-unsaturated/α-hetero) is 1. The monoisotopic (exact) mass is 299 g/mol. The molecule has 2 saturated heterocycles. The maximum Gasteiger partial charge on any atom is 0.235 e. The lowest BCUT2D eigenvalue weighted by Crippen LogP contribution is -2.47. The van der Waals surface area contributed by atoms with Gasteiger partial charge in [0.15, 0.2) is 11.4 Å². The highest BCUT2D eigenvalue weighted by atomic mass is 16.5. The van der Waals surface area contributed by atoms with Crippen LogP contribution in [0, 0.1) is 0 Å². The number of piperidine rings is 1. The fourth-order valence-corrected chi connectivity index (χ4v) is 2.91. The van der Waals surface area contributed by atoms with Gasteiger partial charge in [0.05, 0.1) is 19.0 Å². The van der Waals surface area contributed by atoms with Crippen molar-refractivity contribution in [1.29, 1.82) is 0 Å². The molecule has 7 nitrogen and oxygen atoms in total. The third kappa shape index (κ3) is 1.97. The Hall–Kier alpha value is -2.70. The van der Waals surface area contributed by atoms with Crippen LogP contribution in [0.3, 0.4) is 0 Å². The van der Waals surface area contributed by atoms with Gasteiger partial charge in [0.25, 0.3) is 0 Å². The molecule has 4 rings (SSSR count). The van der Waals surface area contributed by atoms with E-state index >= 15 is 0 Å². The Balaban J connectivity index is 1.67. The summed E-state index contributed by atoms with van der Waals surface area (Å²) in [6, 6.07) is 5.56. The lowest BCUT2D eigenvalue weighted by Gasteiger charge is -2.31. The van der Waals surface area contributed by atoms with E-state index in [4.69, 9.17) is 4.52 Å². The van der Waals surface area contributed by atoms with Gasteiger partial charge in [-0.25, -0.2) is 0 Å². The average molecular weight is 299 g/mol. The smallest absolute Gasteiger partial charge is 0.235 e. The fourth-order valence-electron chi connectivity index (χ4n) is 2.91. The Labute approximate surface area is 125 Å². The Kier molecular flexibility index (Phi) is 2.75. The van der Waals surface area contributed by atoms with Crippen LogP contribution >= 0.6 is 0 Å². The van der Waals surface area contributed by atoms with Crippen molar-refractivity contribution in [1.82, 2.24) is 10.5 Å². The first-order valence-corrected chi connectivity index (χ1v) is 7.11. The SMILES string of the molecule is O=C1CN(c2ccc3c(C4CCC(=O)NC4=O)noc3c2)C1. The van der Waals surface area contributed by atoms with E-state index in [9.17, 15) is 14.4 Å². The highest BCUT2D eigenvalue weighted by Crippen LogP contribution is 2.32. The van der Waals surface area contributed by atoms with Gasteiger partial charge in [0, 0.05) is 23.6 Å². The van der Waals surface area contributed by atoms with Crippen molar-refractivity contribution in [3.63, 3.8) is 0 Å². The number of aromatic nitrogens is 1. The van der Waals surface area contributed by atoms with E-state index in [2.05, 4.69) is 10.5 Å². The lowest BCUT2D eigenvalue weighted by atomic mass is 9.93. The van der Waals surface area contributed by atoms with E-state index in [1.807, 2.05) is 23.1 Å². The predicted molar refractivity (Wildman–Crippen MR) is 76.4 cm³/mol. The Morgan fingerprint density at radius 3 is 2.77 bits per heavy atom. The zero-order valence-electron chi connectivity index (χ0n) is 11.7. The average Bonchev–Trinajstić information content (AvgIpc) is 2.87. The second-order valence-electron chi connectivity index (χ2n) is 5.65. The van der Waals surface area contributed by atoms with Gasteiger partial charge in [-0.1, -0.05) is 5.16 Å². The maximum atomic E-state index is 12.0. The molecule has 2 amide bonds. The van der Waals surface area contributed by atoms with Crippen molar-refractivity contribution >= 4 is 34.3 Å². The van der Waals surface area contributed by atoms with Crippen molar-refractivity contribution < 1.29 is 18.9 Å². The summed E-state index contributed by atoms with van der Waals surface area (Å²) in [5.41, 5.74) is 2.04. The predicted octanol–water partition coefficient (Wildman–Crippen LogP) is 0.737. The number of fused-ring (bicyclic) bond motifs is 1. The number of imide groups is 1. The second-order valence-corrected chi connectivity index (χ2v) is 5.65. The van der Waals surface area contributed by atoms with Crippen molar-refractivity contribution in [2.75, 3.05) is 18.0 Å². The number of hydrogen-bond donors (Lipinski definition) is 1. The largest absolute Gasteiger partial charge is 0.357 e. The molecular formula is C15H13N3O4. The van der Waals surface area contributed by atoms with Crippen LogP contribution in [0.2, 0.25) is 0 Å². The number of nitrogens with one attached hydrogen (secondary N) is 1. The van der Waals surface area contributed by atoms with Crippen LogP contribution in [0.5, 0.6) is 0 Å². The first kappa shape index (κ1) is 13.0. The summed E-state index contributed by atoms with van der Waals surface area (Å²) in [5, 5.41) is 7.12. The van der Waals surface area contributed by atoms with Gasteiger partial charge in [0.2, 0.25) is 11.8 Å². The first-order chi connectivity index (χ1) is 10.6. The topological polar surface area (TPSA) is 92.5 Å². The molecular weight excluding hydrogens is 286 g/mol. The van der Waals surface area contributed by atoms with Crippen LogP contribution in [0.4, 0.5) is 5.69 Å². The number of amides is 2. The molecule has 2 aromatic rings. The van der Waals surface area contributed by atoms with Gasteiger partial charge in [-0.15, -0.1) is 0 Å². The molecule has 0 aliphatic carbocycles. The van der Waals surface area contributed by atoms with Gasteiger partial charge < -0.3 is 9.42 Å². The number of hydrogen-bond acceptors (Lipinski definition) is 6. The van der Waals surface area contributed by atoms with E-state index in [0.29, 0.717) is 37.2 Å². The van der Waals surface area contributed by atoms with Gasteiger partial charge in [-0.3, -0.25) is 19.7 Å². The number of carbonyl (C=O) groups excluding carboxylic acids is 3. The van der Waals surface area contributed by atoms with Gasteiger partial charge in [0.1, 0.15) is 5.69 Å². The molecule has 1 aromatic carbocycles. The molecule has 7 heteroatoms. The fraction of sp³-hybridized carbons (Fsp3) is 0.333. The molecule has 22 heavy (non-hydrogen) atoms. The molecule has 0 bridgehead atoms. The van der Waals surface area contributed by atoms with E-state index in [1.165, 1.54) is 0 Å². The molecule has 2 aliphatic heterocycles. The number of anilines is 1. The van der Waals surface area contributed by atoms with Crippen LogP contribution in [0.15, 0.2) is 22.7 Å². The van der Waals surface area contributed by atoms with Crippen LogP contribution in [-0.4, -0.2) is 35.8 Å². The summed E-state index contributed by atoms with van der Waals surface area (Å²) in [6.45, 7) is 0.833. The molecule has 2 aliphatic rings. The summed E-state index contributed by atoms with van der Waals surface area (Å²) < 4.78 is 5.34. The highest BCUT2D eigenvalue weighted by Gasteiger charge is 2.32. The lowest BCUT2D eigenvalue weighted by molar-refractivity contribution is -0.134. The Bertz CT molecular complexity index is 802. The maximum absolute atomic E-state index is 12.0. The molecule has 0 radical (unpaired) electrons. The summed E-state index contributed by atoms with van der Waals surface area (Å²) >= 11 is 0. The first-order valence-electron chi connectivity index (χ1n) is 7.11. The second kappa shape index (κ2) is 4.66. The van der Waals surface area contributed by atoms with Gasteiger partial charge in [-0.05, 0) is 18.6 Å². The van der Waals surface area contributed by atoms with Crippen LogP contribution in [0.1, 0.15) is 24.5 Å². The Morgan fingerprint density at radius 2 is 2.05 bits per heavy atom. The van der Waals surface area contributed by atoms with Crippen molar-refractivity contribution in [2.24, 2.45) is 0 Å². The van der Waals surface area contributed by atoms with E-state index in [-0.39, 0.29) is 17.6 Å². The minimum atomic E-state index is -0.463. The molecule has 2 fully saturated rings. The normalized spacial score (nSPS) is 21.9. The molecule has 1 atom stereocenters. The number of nitrogens with zero attached hydrogens (tertiary/aromatic N) is 2. The van der Waals surface area contributed by atoms with Crippen LogP contribution in [0.25, 0.3) is 11.0 Å². The van der Waals surface area contributed by atoms with Crippen LogP contribution in [-0.2, 0) is 14.4 Å². The number of carbonyl (C=O) groups is 3. The highest BCUT2D eigenvalue weighted by molar-refractivity contribution is 6.02. The molecule has 112 valence electrons. The molecule has 1 N–H and O–H groups in total. The van der Waals surface area contributed by atoms with Crippen molar-refractivity contribution in [3.8, 4) is 0 Å². The zero-order chi connectivity index (χ0) is 15.3. The summed E-state index contributed by atoms with van der Waals surface area (Å²) in [5.74, 6) is -0.833. The van der Waals surface area contributed by atoms with E-state index in [0.717, 1.165) is 11.1 Å². The standard InChI is InChI=1S/C15H13N3O4/c19-9-6-18(7-9)8-1-2-10-12(5-8)22-17-14(10)11-3-4-13(20)16-15(11)21/h1-2,5,11H,3-4,6-7H2,(H,16,20,21). The minimum absolute atomic E-state index is 0.210. The summed E-state index contributed by atoms with van der Waals surface area (Å²) in [7, 11) is 0. The number of benzene rings is 1. The minimum Gasteiger partial charge on any atom is -0.357 e. The zero-order valence-corrected chi connectivity index (χ0v) is 11.7. The molecule has 0 spiro atoms. The summed E-state index contributed by atoms with van der Waals surface area (Å²) in [4.78, 5) is 36.2. The summed E-state index contributed by atoms with van der Waals surface area (Å²) in [6.07, 6.45) is 0.743. The van der Waals surface area contributed by atoms with E-state index < -0.39 is 5.92 Å². The number of rotatable bonds is 2. The molecule has 0 saturated carbocycles. The van der Waals surface area contributed by atoms with Crippen molar-refractivity contribution in [2.45, 2.75) is 18.8 Å². The Morgan fingerprint density at radius 1 is 1.23 bits per heavy atom. The molecule has 1 unspecified atom stereocenters. The van der Waals surface area contributed by atoms with Gasteiger partial charge >= 0.3 is 0 Å². The van der Waals surface area contributed by atoms with Crippen molar-refractivity contribution in [3.05, 3.63) is 23.9 Å². The third-order valence-electron chi connectivity index (χ3n) is 4.15. The quantitative estimate of drug-likeness (QED) is 0.822. The number of ketones is 1. The third-order valence-corrected chi connectivity index (χ3v) is 4.15. The van der Waals surface area contributed by atoms with Crippen LogP contribution < -0.4 is 10.2 Å². The van der Waals surface area contributed by atoms with E-state index in [1.54, 1.807) is 0 Å². The molecule has 1 aromatic heterocycles.